The molecule has 1 aliphatic rings. The first kappa shape index (κ1) is 13.5. The Morgan fingerprint density at radius 2 is 2.15 bits per heavy atom. The fraction of sp³-hybridized carbons (Fsp3) is 0.583. The lowest BCUT2D eigenvalue weighted by atomic mass is 10.3. The van der Waals surface area contributed by atoms with Crippen molar-refractivity contribution in [2.24, 2.45) is 0 Å². The van der Waals surface area contributed by atoms with E-state index >= 15 is 0 Å². The third-order valence-electron chi connectivity index (χ3n) is 3.57. The average molecular weight is 297 g/mol. The Morgan fingerprint density at radius 3 is 3.00 bits per heavy atom. The van der Waals surface area contributed by atoms with Crippen molar-refractivity contribution in [2.45, 2.75) is 6.42 Å². The van der Waals surface area contributed by atoms with Gasteiger partial charge in [0.05, 0.1) is 18.2 Å². The summed E-state index contributed by atoms with van der Waals surface area (Å²) in [4.78, 5) is 13.0. The van der Waals surface area contributed by atoms with Crippen molar-refractivity contribution in [3.05, 3.63) is 11.5 Å². The molecule has 3 heterocycles. The molecule has 2 aromatic rings. The molecule has 0 atom stereocenters. The summed E-state index contributed by atoms with van der Waals surface area (Å²) in [5.74, 6) is 0.833. The van der Waals surface area contributed by atoms with Crippen LogP contribution in [0.3, 0.4) is 0 Å². The molecule has 1 aliphatic heterocycles. The highest BCUT2D eigenvalue weighted by Gasteiger charge is 2.19. The molecule has 0 bridgehead atoms. The quantitative estimate of drug-likeness (QED) is 0.803. The maximum Gasteiger partial charge on any atom is 0.226 e. The largest absolute Gasteiger partial charge is 0.395 e. The first-order chi connectivity index (χ1) is 9.78. The normalized spacial score (nSPS) is 17.6. The Balaban J connectivity index is 1.85. The highest BCUT2D eigenvalue weighted by Crippen LogP contribution is 2.24. The maximum absolute atomic E-state index is 9.04. The number of rotatable bonds is 3. The van der Waals surface area contributed by atoms with E-state index in [4.69, 9.17) is 16.7 Å². The van der Waals surface area contributed by atoms with Gasteiger partial charge in [0.1, 0.15) is 5.82 Å². The van der Waals surface area contributed by atoms with Gasteiger partial charge in [-0.15, -0.1) is 0 Å². The van der Waals surface area contributed by atoms with Crippen LogP contribution >= 0.6 is 11.6 Å². The second-order valence-corrected chi connectivity index (χ2v) is 5.19. The van der Waals surface area contributed by atoms with Gasteiger partial charge in [-0.2, -0.15) is 15.1 Å². The maximum atomic E-state index is 9.04. The number of hydrogen-bond donors (Lipinski definition) is 2. The minimum atomic E-state index is 0.200. The van der Waals surface area contributed by atoms with Crippen LogP contribution in [0, 0.1) is 0 Å². The lowest BCUT2D eigenvalue weighted by Gasteiger charge is -2.22. The molecule has 1 saturated heterocycles. The standard InChI is InChI=1S/C12H17ClN6O/c13-12-15-10-9(8-14-17-10)11(16-12)19-3-1-2-18(4-5-19)6-7-20/h8,20H,1-7H2,(H,14,15,16,17). The van der Waals surface area contributed by atoms with E-state index in [9.17, 15) is 0 Å². The Hall–Kier alpha value is -1.44. The topological polar surface area (TPSA) is 81.2 Å². The van der Waals surface area contributed by atoms with E-state index in [-0.39, 0.29) is 11.9 Å². The molecule has 2 aromatic heterocycles. The van der Waals surface area contributed by atoms with E-state index in [1.807, 2.05) is 0 Å². The highest BCUT2D eigenvalue weighted by atomic mass is 35.5. The molecule has 8 heteroatoms. The molecule has 0 aliphatic carbocycles. The summed E-state index contributed by atoms with van der Waals surface area (Å²) in [7, 11) is 0. The molecule has 0 saturated carbocycles. The van der Waals surface area contributed by atoms with Crippen LogP contribution in [-0.2, 0) is 0 Å². The summed E-state index contributed by atoms with van der Waals surface area (Å²) in [6.07, 6.45) is 2.76. The van der Waals surface area contributed by atoms with Crippen LogP contribution in [0.5, 0.6) is 0 Å². The molecule has 0 unspecified atom stereocenters. The molecule has 108 valence electrons. The second kappa shape index (κ2) is 5.90. The van der Waals surface area contributed by atoms with E-state index in [1.54, 1.807) is 6.20 Å². The van der Waals surface area contributed by atoms with Crippen molar-refractivity contribution in [3.63, 3.8) is 0 Å². The number of β-amino-alcohol motifs (C(OH)–C–C–N with tert-alkyl or cyclic N) is 1. The van der Waals surface area contributed by atoms with Gasteiger partial charge in [0.15, 0.2) is 5.65 Å². The molecule has 0 aromatic carbocycles. The van der Waals surface area contributed by atoms with Crippen LogP contribution in [0.4, 0.5) is 5.82 Å². The first-order valence-electron chi connectivity index (χ1n) is 6.72. The zero-order valence-corrected chi connectivity index (χ0v) is 11.8. The predicted molar refractivity (Wildman–Crippen MR) is 77.0 cm³/mol. The van der Waals surface area contributed by atoms with Gasteiger partial charge < -0.3 is 10.0 Å². The van der Waals surface area contributed by atoms with Crippen LogP contribution in [-0.4, -0.2) is 69.5 Å². The number of nitrogens with zero attached hydrogens (tertiary/aromatic N) is 5. The molecular weight excluding hydrogens is 280 g/mol. The van der Waals surface area contributed by atoms with E-state index in [0.29, 0.717) is 5.65 Å². The number of H-pyrrole nitrogens is 1. The molecular formula is C12H17ClN6O. The number of aromatic nitrogens is 4. The van der Waals surface area contributed by atoms with Crippen molar-refractivity contribution in [1.82, 2.24) is 25.1 Å². The van der Waals surface area contributed by atoms with Crippen molar-refractivity contribution in [2.75, 3.05) is 44.2 Å². The summed E-state index contributed by atoms with van der Waals surface area (Å²) in [6.45, 7) is 4.58. The molecule has 0 amide bonds. The van der Waals surface area contributed by atoms with Crippen molar-refractivity contribution in [3.8, 4) is 0 Å². The van der Waals surface area contributed by atoms with Gasteiger partial charge in [0.2, 0.25) is 5.28 Å². The number of aliphatic hydroxyl groups excluding tert-OH is 1. The number of hydrogen-bond acceptors (Lipinski definition) is 6. The second-order valence-electron chi connectivity index (χ2n) is 4.85. The smallest absolute Gasteiger partial charge is 0.226 e. The molecule has 7 nitrogen and oxygen atoms in total. The monoisotopic (exact) mass is 296 g/mol. The Labute approximate surface area is 121 Å². The molecule has 0 spiro atoms. The van der Waals surface area contributed by atoms with Crippen LogP contribution in [0.1, 0.15) is 6.42 Å². The fourth-order valence-corrected chi connectivity index (χ4v) is 2.75. The fourth-order valence-electron chi connectivity index (χ4n) is 2.58. The number of fused-ring (bicyclic) bond motifs is 1. The SMILES string of the molecule is OCCN1CCCN(c2nc(Cl)nc3[nH]ncc23)CC1. The molecule has 20 heavy (non-hydrogen) atoms. The van der Waals surface area contributed by atoms with Crippen molar-refractivity contribution in [1.29, 1.82) is 0 Å². The zero-order chi connectivity index (χ0) is 13.9. The number of halogens is 1. The Bertz CT molecular complexity index is 588. The predicted octanol–water partition coefficient (Wildman–Crippen LogP) is 0.511. The third kappa shape index (κ3) is 2.70. The number of anilines is 1. The third-order valence-corrected chi connectivity index (χ3v) is 3.74. The summed E-state index contributed by atoms with van der Waals surface area (Å²) >= 11 is 5.98. The van der Waals surface area contributed by atoms with Gasteiger partial charge in [-0.05, 0) is 24.6 Å². The van der Waals surface area contributed by atoms with Gasteiger partial charge in [-0.1, -0.05) is 0 Å². The van der Waals surface area contributed by atoms with E-state index in [1.165, 1.54) is 0 Å². The van der Waals surface area contributed by atoms with Gasteiger partial charge in [0, 0.05) is 26.2 Å². The van der Waals surface area contributed by atoms with E-state index < -0.39 is 0 Å². The highest BCUT2D eigenvalue weighted by molar-refractivity contribution is 6.28. The lowest BCUT2D eigenvalue weighted by Crippen LogP contribution is -2.32. The van der Waals surface area contributed by atoms with Crippen LogP contribution < -0.4 is 4.90 Å². The van der Waals surface area contributed by atoms with Gasteiger partial charge in [0.25, 0.3) is 0 Å². The van der Waals surface area contributed by atoms with Crippen LogP contribution in [0.15, 0.2) is 6.20 Å². The summed E-state index contributed by atoms with van der Waals surface area (Å²) in [5.41, 5.74) is 0.663. The number of nitrogens with one attached hydrogen (secondary N) is 1. The minimum absolute atomic E-state index is 0.200. The molecule has 3 rings (SSSR count). The first-order valence-corrected chi connectivity index (χ1v) is 7.10. The van der Waals surface area contributed by atoms with E-state index in [0.717, 1.165) is 50.3 Å². The summed E-state index contributed by atoms with van der Waals surface area (Å²) < 4.78 is 0. The van der Waals surface area contributed by atoms with Gasteiger partial charge in [-0.25, -0.2) is 0 Å². The van der Waals surface area contributed by atoms with Gasteiger partial charge >= 0.3 is 0 Å². The molecule has 0 radical (unpaired) electrons. The zero-order valence-electron chi connectivity index (χ0n) is 11.1. The number of aromatic amines is 1. The van der Waals surface area contributed by atoms with Gasteiger partial charge in [-0.3, -0.25) is 10.00 Å². The summed E-state index contributed by atoms with van der Waals surface area (Å²) in [6, 6.07) is 0. The molecule has 2 N–H and O–H groups in total. The summed E-state index contributed by atoms with van der Waals surface area (Å²) in [5, 5.41) is 17.0. The van der Waals surface area contributed by atoms with Crippen LogP contribution in [0.2, 0.25) is 5.28 Å². The number of aliphatic hydroxyl groups is 1. The minimum Gasteiger partial charge on any atom is -0.395 e. The Morgan fingerprint density at radius 1 is 1.25 bits per heavy atom. The molecule has 1 fully saturated rings. The van der Waals surface area contributed by atoms with Crippen molar-refractivity contribution < 1.29 is 5.11 Å². The van der Waals surface area contributed by atoms with Crippen molar-refractivity contribution >= 4 is 28.5 Å². The lowest BCUT2D eigenvalue weighted by molar-refractivity contribution is 0.204. The van der Waals surface area contributed by atoms with Crippen LogP contribution in [0.25, 0.3) is 11.0 Å². The Kier molecular flexibility index (Phi) is 4.00. The average Bonchev–Trinajstić information content (AvgIpc) is 2.77. The van der Waals surface area contributed by atoms with E-state index in [2.05, 4.69) is 30.0 Å².